The summed E-state index contributed by atoms with van der Waals surface area (Å²) in [7, 11) is 0. The van der Waals surface area contributed by atoms with Crippen molar-refractivity contribution in [3.8, 4) is 0 Å². The van der Waals surface area contributed by atoms with E-state index in [9.17, 15) is 9.90 Å². The lowest BCUT2D eigenvalue weighted by Gasteiger charge is -2.56. The van der Waals surface area contributed by atoms with Crippen LogP contribution < -0.4 is 0 Å². The molecule has 4 aliphatic carbocycles. The number of fused-ring (bicyclic) bond motifs is 6. The van der Waals surface area contributed by atoms with E-state index in [4.69, 9.17) is 0 Å². The Bertz CT molecular complexity index is 1030. The number of benzene rings is 1. The Morgan fingerprint density at radius 3 is 2.72 bits per heavy atom. The van der Waals surface area contributed by atoms with Crippen molar-refractivity contribution in [2.45, 2.75) is 83.8 Å². The summed E-state index contributed by atoms with van der Waals surface area (Å²) in [5, 5.41) is 19.1. The molecule has 0 aliphatic heterocycles. The molecule has 32 heavy (non-hydrogen) atoms. The molecule has 4 fully saturated rings. The normalized spacial score (nSPS) is 43.5. The second-order valence-electron chi connectivity index (χ2n) is 12.1. The van der Waals surface area contributed by atoms with Gasteiger partial charge in [-0.15, -0.1) is 5.10 Å². The second-order valence-corrected chi connectivity index (χ2v) is 12.1. The minimum atomic E-state index is -0.451. The first-order valence-corrected chi connectivity index (χ1v) is 12.9. The molecule has 1 N–H and O–H groups in total. The van der Waals surface area contributed by atoms with Crippen LogP contribution in [0.2, 0.25) is 0 Å². The number of nitrogens with zero attached hydrogens (tertiary/aromatic N) is 3. The van der Waals surface area contributed by atoms with Crippen LogP contribution in [-0.4, -0.2) is 31.5 Å². The van der Waals surface area contributed by atoms with Gasteiger partial charge < -0.3 is 5.11 Å². The number of Topliss-reactive ketones (excluding diaryl/α,β-unsaturated/α-hetero) is 1. The highest BCUT2D eigenvalue weighted by Crippen LogP contribution is 2.64. The number of ketones is 1. The van der Waals surface area contributed by atoms with Crippen LogP contribution in [0.25, 0.3) is 11.0 Å². The Labute approximate surface area is 191 Å². The van der Waals surface area contributed by atoms with Crippen molar-refractivity contribution < 1.29 is 9.90 Å². The van der Waals surface area contributed by atoms with E-state index < -0.39 is 5.60 Å². The van der Waals surface area contributed by atoms with E-state index in [1.54, 1.807) is 4.68 Å². The zero-order valence-corrected chi connectivity index (χ0v) is 19.5. The van der Waals surface area contributed by atoms with Crippen LogP contribution >= 0.6 is 0 Å². The standard InChI is InChI=1S/C27H37N3O2/c1-26(32)13-11-18-17(15-26)7-8-20-19(18)12-14-27(2)21(20)9-10-22(27)25(31)16-30-24-6-4-3-5-23(24)28-29-30/h3-6,17-22,32H,7-16H2,1-2H3/t17-,18-,19+,20+,21-,22+,26+,27-/m0/s1. The molecule has 5 nitrogen and oxygen atoms in total. The van der Waals surface area contributed by atoms with E-state index >= 15 is 0 Å². The fourth-order valence-corrected chi connectivity index (χ4v) is 8.90. The van der Waals surface area contributed by atoms with Crippen LogP contribution in [0.1, 0.15) is 71.6 Å². The molecular weight excluding hydrogens is 398 g/mol. The zero-order valence-electron chi connectivity index (χ0n) is 19.5. The van der Waals surface area contributed by atoms with E-state index in [1.807, 2.05) is 31.2 Å². The summed E-state index contributed by atoms with van der Waals surface area (Å²) < 4.78 is 1.80. The number of hydrogen-bond acceptors (Lipinski definition) is 4. The monoisotopic (exact) mass is 435 g/mol. The molecule has 4 aliphatic rings. The van der Waals surface area contributed by atoms with E-state index in [-0.39, 0.29) is 11.3 Å². The van der Waals surface area contributed by atoms with Crippen LogP contribution in [-0.2, 0) is 11.3 Å². The number of carbonyl (C=O) groups excluding carboxylic acids is 1. The third-order valence-electron chi connectivity index (χ3n) is 10.4. The Morgan fingerprint density at radius 1 is 1.03 bits per heavy atom. The summed E-state index contributed by atoms with van der Waals surface area (Å²) >= 11 is 0. The van der Waals surface area contributed by atoms with Crippen molar-refractivity contribution in [1.82, 2.24) is 15.0 Å². The Balaban J connectivity index is 1.20. The first-order chi connectivity index (χ1) is 15.4. The molecule has 4 saturated carbocycles. The molecule has 172 valence electrons. The molecule has 6 rings (SSSR count). The molecule has 0 spiro atoms. The van der Waals surface area contributed by atoms with Crippen LogP contribution in [0.3, 0.4) is 0 Å². The Morgan fingerprint density at radius 2 is 1.84 bits per heavy atom. The van der Waals surface area contributed by atoms with Crippen LogP contribution in [0.5, 0.6) is 0 Å². The average molecular weight is 436 g/mol. The molecule has 8 atom stereocenters. The van der Waals surface area contributed by atoms with E-state index in [0.29, 0.717) is 24.2 Å². The molecule has 1 heterocycles. The first kappa shape index (κ1) is 20.8. The van der Waals surface area contributed by atoms with Crippen molar-refractivity contribution in [2.24, 2.45) is 40.9 Å². The SMILES string of the molecule is C[C@@]1(O)CC[C@H]2[C@@H](CC[C@@H]3[C@@H]2CC[C@]2(C)[C@@H](C(=O)Cn4nnc5ccccc54)CC[C@@H]32)C1. The number of carbonyl (C=O) groups is 1. The Kier molecular flexibility index (Phi) is 4.80. The van der Waals surface area contributed by atoms with Gasteiger partial charge in [0.2, 0.25) is 0 Å². The van der Waals surface area contributed by atoms with Crippen molar-refractivity contribution in [1.29, 1.82) is 0 Å². The molecule has 0 unspecified atom stereocenters. The largest absolute Gasteiger partial charge is 0.390 e. The zero-order chi connectivity index (χ0) is 22.1. The number of para-hydroxylation sites is 1. The smallest absolute Gasteiger partial charge is 0.157 e. The average Bonchev–Trinajstić information content (AvgIpc) is 3.33. The fraction of sp³-hybridized carbons (Fsp3) is 0.741. The van der Waals surface area contributed by atoms with Gasteiger partial charge in [0.25, 0.3) is 0 Å². The van der Waals surface area contributed by atoms with Gasteiger partial charge in [-0.1, -0.05) is 24.3 Å². The van der Waals surface area contributed by atoms with E-state index in [1.165, 1.54) is 38.5 Å². The van der Waals surface area contributed by atoms with Gasteiger partial charge in [0.15, 0.2) is 5.78 Å². The van der Waals surface area contributed by atoms with Gasteiger partial charge >= 0.3 is 0 Å². The third kappa shape index (κ3) is 3.18. The highest BCUT2D eigenvalue weighted by atomic mass is 16.3. The van der Waals surface area contributed by atoms with Gasteiger partial charge in [-0.25, -0.2) is 4.68 Å². The molecule has 1 aromatic carbocycles. The summed E-state index contributed by atoms with van der Waals surface area (Å²) in [6, 6.07) is 7.92. The summed E-state index contributed by atoms with van der Waals surface area (Å²) in [6.07, 6.45) is 10.4. The van der Waals surface area contributed by atoms with Gasteiger partial charge in [0.05, 0.1) is 11.1 Å². The Hall–Kier alpha value is -1.75. The maximum Gasteiger partial charge on any atom is 0.157 e. The predicted molar refractivity (Wildman–Crippen MR) is 124 cm³/mol. The molecule has 2 aromatic rings. The fourth-order valence-electron chi connectivity index (χ4n) is 8.90. The van der Waals surface area contributed by atoms with Gasteiger partial charge in [-0.05, 0) is 112 Å². The highest BCUT2D eigenvalue weighted by molar-refractivity contribution is 5.84. The molecule has 0 saturated heterocycles. The molecular formula is C27H37N3O2. The van der Waals surface area contributed by atoms with Crippen LogP contribution in [0.15, 0.2) is 24.3 Å². The number of aromatic nitrogens is 3. The third-order valence-corrected chi connectivity index (χ3v) is 10.4. The minimum absolute atomic E-state index is 0.141. The number of hydrogen-bond donors (Lipinski definition) is 1. The summed E-state index contributed by atoms with van der Waals surface area (Å²) in [6.45, 7) is 4.82. The lowest BCUT2D eigenvalue weighted by molar-refractivity contribution is -0.133. The summed E-state index contributed by atoms with van der Waals surface area (Å²) in [5.41, 5.74) is 1.50. The van der Waals surface area contributed by atoms with E-state index in [0.717, 1.165) is 48.0 Å². The molecule has 0 radical (unpaired) electrons. The minimum Gasteiger partial charge on any atom is -0.390 e. The lowest BCUT2D eigenvalue weighted by atomic mass is 9.49. The molecule has 1 aromatic heterocycles. The van der Waals surface area contributed by atoms with Crippen molar-refractivity contribution in [3.63, 3.8) is 0 Å². The van der Waals surface area contributed by atoms with Crippen molar-refractivity contribution >= 4 is 16.8 Å². The molecule has 0 amide bonds. The van der Waals surface area contributed by atoms with E-state index in [2.05, 4.69) is 17.2 Å². The van der Waals surface area contributed by atoms with Crippen LogP contribution in [0, 0.1) is 40.9 Å². The predicted octanol–water partition coefficient (Wildman–Crippen LogP) is 5.02. The van der Waals surface area contributed by atoms with Gasteiger partial charge in [-0.2, -0.15) is 0 Å². The highest BCUT2D eigenvalue weighted by Gasteiger charge is 2.58. The molecule has 5 heteroatoms. The second kappa shape index (κ2) is 7.38. The molecule has 0 bridgehead atoms. The maximum atomic E-state index is 13.6. The quantitative estimate of drug-likeness (QED) is 0.735. The maximum absolute atomic E-state index is 13.6. The van der Waals surface area contributed by atoms with Crippen LogP contribution in [0.4, 0.5) is 0 Å². The van der Waals surface area contributed by atoms with Crippen molar-refractivity contribution in [2.75, 3.05) is 0 Å². The topological polar surface area (TPSA) is 68.0 Å². The van der Waals surface area contributed by atoms with Gasteiger partial charge in [0, 0.05) is 5.92 Å². The van der Waals surface area contributed by atoms with Crippen molar-refractivity contribution in [3.05, 3.63) is 24.3 Å². The lowest BCUT2D eigenvalue weighted by Crippen LogP contribution is -2.51. The summed E-state index contributed by atoms with van der Waals surface area (Å²) in [5.74, 6) is 4.30. The summed E-state index contributed by atoms with van der Waals surface area (Å²) in [4.78, 5) is 13.6. The van der Waals surface area contributed by atoms with Gasteiger partial charge in [0.1, 0.15) is 12.1 Å². The first-order valence-electron chi connectivity index (χ1n) is 12.9. The van der Waals surface area contributed by atoms with Gasteiger partial charge in [-0.3, -0.25) is 4.79 Å². The number of rotatable bonds is 3. The number of aliphatic hydroxyl groups is 1.